The Balaban J connectivity index is 1.91. The van der Waals surface area contributed by atoms with Crippen LogP contribution in [-0.2, 0) is 9.53 Å². The van der Waals surface area contributed by atoms with Crippen molar-refractivity contribution in [3.05, 3.63) is 82.1 Å². The summed E-state index contributed by atoms with van der Waals surface area (Å²) in [6.45, 7) is 7.77. The van der Waals surface area contributed by atoms with Gasteiger partial charge in [0, 0.05) is 17.5 Å². The average molecular weight is 476 g/mol. The van der Waals surface area contributed by atoms with E-state index in [1.165, 1.54) is 6.07 Å². The Kier molecular flexibility index (Phi) is 6.67. The van der Waals surface area contributed by atoms with Crippen molar-refractivity contribution in [3.8, 4) is 0 Å². The second-order valence-corrected chi connectivity index (χ2v) is 9.80. The van der Waals surface area contributed by atoms with Crippen LogP contribution in [0.15, 0.2) is 55.1 Å². The summed E-state index contributed by atoms with van der Waals surface area (Å²) in [7, 11) is 0. The summed E-state index contributed by atoms with van der Waals surface area (Å²) < 4.78 is 21.1. The Morgan fingerprint density at radius 1 is 1.25 bits per heavy atom. The number of carbonyl (C=O) groups excluding carboxylic acids is 1. The maximum Gasteiger partial charge on any atom is 0.255 e. The van der Waals surface area contributed by atoms with Gasteiger partial charge in [0.2, 0.25) is 0 Å². The van der Waals surface area contributed by atoms with Crippen LogP contribution in [0, 0.1) is 11.7 Å². The average Bonchev–Trinajstić information content (AvgIpc) is 3.59. The number of benzene rings is 2. The standard InChI is InChI=1S/C26H28Cl2FNO2/c1-4-13-26(3)25(31)30(22(5-2)16-9-10-16)23(17-11-12-20(28)21(29)15-17)24(32-26)18-7-6-8-19(27)14-18/h4,6-8,11-12,14-16,22-24H,1,5,9-10,13H2,2-3H3/t22-,23-,24-,26+/m1/s1. The molecule has 2 fully saturated rings. The van der Waals surface area contributed by atoms with Gasteiger partial charge in [-0.25, -0.2) is 4.39 Å². The van der Waals surface area contributed by atoms with E-state index in [9.17, 15) is 9.18 Å². The lowest BCUT2D eigenvalue weighted by atomic mass is 9.85. The van der Waals surface area contributed by atoms with Crippen molar-refractivity contribution >= 4 is 29.1 Å². The van der Waals surface area contributed by atoms with Crippen molar-refractivity contribution in [2.24, 2.45) is 5.92 Å². The van der Waals surface area contributed by atoms with Crippen LogP contribution in [0.3, 0.4) is 0 Å². The molecule has 0 N–H and O–H groups in total. The molecule has 170 valence electrons. The quantitative estimate of drug-likeness (QED) is 0.393. The topological polar surface area (TPSA) is 29.5 Å². The SMILES string of the molecule is C=CC[C@]1(C)O[C@H](c2cccc(Cl)c2)[C@@H](c2ccc(Cl)c(F)c2)N([C@H](CC)C2CC2)C1=O. The molecule has 1 aliphatic heterocycles. The van der Waals surface area contributed by atoms with E-state index in [0.717, 1.165) is 24.8 Å². The van der Waals surface area contributed by atoms with E-state index >= 15 is 0 Å². The number of nitrogens with zero attached hydrogens (tertiary/aromatic N) is 1. The monoisotopic (exact) mass is 475 g/mol. The first kappa shape index (κ1) is 23.3. The maximum absolute atomic E-state index is 14.6. The minimum Gasteiger partial charge on any atom is -0.355 e. The number of halogens is 3. The number of hydrogen-bond donors (Lipinski definition) is 0. The zero-order valence-corrected chi connectivity index (χ0v) is 19.9. The fourth-order valence-corrected chi connectivity index (χ4v) is 5.23. The number of hydrogen-bond acceptors (Lipinski definition) is 2. The van der Waals surface area contributed by atoms with E-state index in [-0.39, 0.29) is 17.0 Å². The normalized spacial score (nSPS) is 26.8. The van der Waals surface area contributed by atoms with Gasteiger partial charge in [0.1, 0.15) is 17.5 Å². The molecule has 0 radical (unpaired) electrons. The minimum atomic E-state index is -1.07. The minimum absolute atomic E-state index is 0.0426. The van der Waals surface area contributed by atoms with Gasteiger partial charge in [-0.1, -0.05) is 54.4 Å². The van der Waals surface area contributed by atoms with Crippen LogP contribution in [0.1, 0.15) is 62.8 Å². The number of amides is 1. The Hall–Kier alpha value is -1.88. The molecule has 1 saturated carbocycles. The van der Waals surface area contributed by atoms with Gasteiger partial charge < -0.3 is 9.64 Å². The van der Waals surface area contributed by atoms with Gasteiger partial charge in [-0.05, 0) is 67.5 Å². The van der Waals surface area contributed by atoms with Crippen molar-refractivity contribution in [1.29, 1.82) is 0 Å². The second-order valence-electron chi connectivity index (χ2n) is 8.96. The molecule has 2 aliphatic rings. The molecule has 1 heterocycles. The third-order valence-electron chi connectivity index (χ3n) is 6.60. The predicted molar refractivity (Wildman–Crippen MR) is 126 cm³/mol. The highest BCUT2D eigenvalue weighted by Gasteiger charge is 2.54. The lowest BCUT2D eigenvalue weighted by Gasteiger charge is -2.52. The molecule has 3 nitrogen and oxygen atoms in total. The van der Waals surface area contributed by atoms with Crippen molar-refractivity contribution in [1.82, 2.24) is 4.90 Å². The molecule has 0 bridgehead atoms. The van der Waals surface area contributed by atoms with Crippen LogP contribution in [0.5, 0.6) is 0 Å². The van der Waals surface area contributed by atoms with Gasteiger partial charge in [-0.3, -0.25) is 4.79 Å². The zero-order valence-electron chi connectivity index (χ0n) is 18.4. The van der Waals surface area contributed by atoms with Crippen LogP contribution in [0.25, 0.3) is 0 Å². The summed E-state index contributed by atoms with van der Waals surface area (Å²) in [5.74, 6) is -0.162. The maximum atomic E-state index is 14.6. The molecule has 1 aliphatic carbocycles. The third-order valence-corrected chi connectivity index (χ3v) is 7.14. The van der Waals surface area contributed by atoms with E-state index in [0.29, 0.717) is 22.9 Å². The van der Waals surface area contributed by atoms with E-state index in [1.54, 1.807) is 24.3 Å². The summed E-state index contributed by atoms with van der Waals surface area (Å²) in [6, 6.07) is 11.7. The first-order valence-electron chi connectivity index (χ1n) is 11.1. The molecule has 6 heteroatoms. The zero-order chi connectivity index (χ0) is 23.0. The van der Waals surface area contributed by atoms with E-state index in [2.05, 4.69) is 13.5 Å². The second kappa shape index (κ2) is 9.17. The van der Waals surface area contributed by atoms with Gasteiger partial charge in [0.15, 0.2) is 0 Å². The molecule has 2 aromatic rings. The molecule has 32 heavy (non-hydrogen) atoms. The third kappa shape index (κ3) is 4.33. The Morgan fingerprint density at radius 3 is 2.59 bits per heavy atom. The van der Waals surface area contributed by atoms with E-state index in [4.69, 9.17) is 27.9 Å². The van der Waals surface area contributed by atoms with Gasteiger partial charge in [0.05, 0.1) is 11.1 Å². The summed E-state index contributed by atoms with van der Waals surface area (Å²) in [5.41, 5.74) is 0.430. The summed E-state index contributed by atoms with van der Waals surface area (Å²) in [5, 5.41) is 0.628. The first-order valence-corrected chi connectivity index (χ1v) is 11.9. The van der Waals surface area contributed by atoms with Crippen LogP contribution in [0.2, 0.25) is 10.0 Å². The Morgan fingerprint density at radius 2 is 2.00 bits per heavy atom. The van der Waals surface area contributed by atoms with Gasteiger partial charge in [0.25, 0.3) is 5.91 Å². The van der Waals surface area contributed by atoms with Crippen LogP contribution in [-0.4, -0.2) is 22.4 Å². The molecule has 0 aromatic heterocycles. The number of rotatable bonds is 7. The molecule has 4 atom stereocenters. The molecule has 4 rings (SSSR count). The van der Waals surface area contributed by atoms with Gasteiger partial charge in [-0.2, -0.15) is 0 Å². The van der Waals surface area contributed by atoms with Crippen molar-refractivity contribution in [2.75, 3.05) is 0 Å². The van der Waals surface area contributed by atoms with E-state index in [1.807, 2.05) is 30.0 Å². The first-order chi connectivity index (χ1) is 15.3. The fraction of sp³-hybridized carbons (Fsp3) is 0.423. The molecular weight excluding hydrogens is 448 g/mol. The Labute approximate surface area is 199 Å². The van der Waals surface area contributed by atoms with Crippen molar-refractivity contribution in [2.45, 2.75) is 63.3 Å². The van der Waals surface area contributed by atoms with Crippen LogP contribution >= 0.6 is 23.2 Å². The number of carbonyl (C=O) groups is 1. The van der Waals surface area contributed by atoms with Gasteiger partial charge >= 0.3 is 0 Å². The highest BCUT2D eigenvalue weighted by atomic mass is 35.5. The molecule has 0 unspecified atom stereocenters. The number of morpholine rings is 1. The van der Waals surface area contributed by atoms with E-state index < -0.39 is 23.6 Å². The Bertz CT molecular complexity index is 1020. The highest BCUT2D eigenvalue weighted by Crippen LogP contribution is 2.51. The smallest absolute Gasteiger partial charge is 0.255 e. The summed E-state index contributed by atoms with van der Waals surface area (Å²) in [6.07, 6.45) is 4.56. The van der Waals surface area contributed by atoms with Crippen LogP contribution in [0.4, 0.5) is 4.39 Å². The van der Waals surface area contributed by atoms with Crippen molar-refractivity contribution in [3.63, 3.8) is 0 Å². The molecule has 1 amide bonds. The number of ether oxygens (including phenoxy) is 1. The predicted octanol–water partition coefficient (Wildman–Crippen LogP) is 7.30. The molecule has 0 spiro atoms. The summed E-state index contributed by atoms with van der Waals surface area (Å²) in [4.78, 5) is 15.9. The largest absolute Gasteiger partial charge is 0.355 e. The van der Waals surface area contributed by atoms with Crippen LogP contribution < -0.4 is 0 Å². The van der Waals surface area contributed by atoms with Crippen molar-refractivity contribution < 1.29 is 13.9 Å². The fourth-order valence-electron chi connectivity index (χ4n) is 4.91. The molecule has 1 saturated heterocycles. The molecule has 2 aromatic carbocycles. The highest BCUT2D eigenvalue weighted by molar-refractivity contribution is 6.31. The lowest BCUT2D eigenvalue weighted by Crippen LogP contribution is -2.60. The molecular formula is C26H28Cl2FNO2. The van der Waals surface area contributed by atoms with Gasteiger partial charge in [-0.15, -0.1) is 6.58 Å². The summed E-state index contributed by atoms with van der Waals surface area (Å²) >= 11 is 12.3. The lowest BCUT2D eigenvalue weighted by molar-refractivity contribution is -0.203.